The predicted octanol–water partition coefficient (Wildman–Crippen LogP) is 6.93. The van der Waals surface area contributed by atoms with Crippen LogP contribution in [0.1, 0.15) is 174 Å². The monoisotopic (exact) mass is 922 g/mol. The molecule has 1 rings (SSSR count). The Morgan fingerprint density at radius 1 is 0.533 bits per heavy atom. The van der Waals surface area contributed by atoms with Crippen LogP contribution in [0.4, 0.5) is 0 Å². The van der Waals surface area contributed by atoms with Gasteiger partial charge in [0.2, 0.25) is 0 Å². The number of rotatable bonds is 37. The molecule has 0 aromatic heterocycles. The van der Waals surface area contributed by atoms with Crippen molar-refractivity contribution in [1.29, 1.82) is 0 Å². The zero-order valence-corrected chi connectivity index (χ0v) is 38.5. The topological polar surface area (TPSA) is 273 Å². The second-order valence-electron chi connectivity index (χ2n) is 15.7. The molecule has 0 saturated heterocycles. The van der Waals surface area contributed by atoms with Crippen LogP contribution in [0.5, 0.6) is 0 Å². The Hall–Kier alpha value is -0.980. The summed E-state index contributed by atoms with van der Waals surface area (Å²) >= 11 is 1.41. The zero-order chi connectivity index (χ0) is 44.8. The van der Waals surface area contributed by atoms with E-state index in [9.17, 15) is 48.8 Å². The van der Waals surface area contributed by atoms with Crippen LogP contribution in [0.15, 0.2) is 0 Å². The largest absolute Gasteiger partial charge is 0.472 e. The Morgan fingerprint density at radius 2 is 0.950 bits per heavy atom. The number of hydrogen-bond acceptors (Lipinski definition) is 15. The summed E-state index contributed by atoms with van der Waals surface area (Å²) in [6.45, 7) is 2.86. The van der Waals surface area contributed by atoms with Gasteiger partial charge in [0.05, 0.1) is 6.61 Å². The van der Waals surface area contributed by atoms with Crippen LogP contribution in [0.3, 0.4) is 0 Å². The molecule has 0 heterocycles. The summed E-state index contributed by atoms with van der Waals surface area (Å²) in [5, 5.41) is 41.6. The van der Waals surface area contributed by atoms with E-state index in [1.807, 2.05) is 6.92 Å². The summed E-state index contributed by atoms with van der Waals surface area (Å²) in [6.07, 6.45) is 8.91. The van der Waals surface area contributed by atoms with Gasteiger partial charge in [0, 0.05) is 25.0 Å². The minimum atomic E-state index is -5.31. The summed E-state index contributed by atoms with van der Waals surface area (Å²) in [5.41, 5.74) is 0. The molecule has 1 saturated carbocycles. The number of carbonyl (C=O) groups excluding carboxylic acids is 3. The average Bonchev–Trinajstić information content (AvgIpc) is 3.19. The minimum Gasteiger partial charge on any atom is -0.462 e. The van der Waals surface area contributed by atoms with E-state index in [-0.39, 0.29) is 18.0 Å². The third-order valence-corrected chi connectivity index (χ3v) is 12.7. The lowest BCUT2D eigenvalue weighted by Crippen LogP contribution is -2.64. The van der Waals surface area contributed by atoms with E-state index in [4.69, 9.17) is 28.3 Å². The molecule has 8 atom stereocenters. The number of phosphoric ester groups is 2. The summed E-state index contributed by atoms with van der Waals surface area (Å²) < 4.78 is 49.0. The normalized spacial score (nSPS) is 22.3. The van der Waals surface area contributed by atoms with Crippen molar-refractivity contribution in [3.63, 3.8) is 0 Å². The highest BCUT2D eigenvalue weighted by Gasteiger charge is 2.54. The number of phosphoric acid groups is 2. The van der Waals surface area contributed by atoms with Gasteiger partial charge in [-0.25, -0.2) is 9.13 Å². The van der Waals surface area contributed by atoms with Gasteiger partial charge in [-0.1, -0.05) is 141 Å². The average molecular weight is 923 g/mol. The molecule has 354 valence electrons. The van der Waals surface area contributed by atoms with Crippen LogP contribution in [-0.4, -0.2) is 114 Å². The minimum absolute atomic E-state index is 0.0428. The zero-order valence-electron chi connectivity index (χ0n) is 35.9. The Bertz CT molecular complexity index is 1240. The fourth-order valence-corrected chi connectivity index (χ4v) is 9.22. The predicted molar refractivity (Wildman–Crippen MR) is 227 cm³/mol. The SMILES string of the molecule is CCCCCCCCCCCCCCCC(=O)O[C@H](COC(=O)CCCCCCCCCCSC(=O)CCC)COP(=O)(O)OC1C(O)[C@@H](O)C(OP(=O)(O)O)[C@@H](O)[C@H]1O. The maximum atomic E-state index is 12.9. The number of ether oxygens (including phenoxy) is 2. The van der Waals surface area contributed by atoms with Gasteiger partial charge in [0.1, 0.15) is 43.2 Å². The van der Waals surface area contributed by atoms with Gasteiger partial charge in [-0.2, -0.15) is 0 Å². The van der Waals surface area contributed by atoms with Crippen LogP contribution >= 0.6 is 27.4 Å². The third-order valence-electron chi connectivity index (χ3n) is 10.2. The van der Waals surface area contributed by atoms with Crippen LogP contribution < -0.4 is 0 Å². The number of aliphatic hydroxyl groups excluding tert-OH is 4. The highest BCUT2D eigenvalue weighted by Crippen LogP contribution is 2.48. The van der Waals surface area contributed by atoms with Crippen molar-refractivity contribution in [2.75, 3.05) is 19.0 Å². The molecule has 1 aliphatic rings. The van der Waals surface area contributed by atoms with Gasteiger partial charge in [0.15, 0.2) is 11.2 Å². The summed E-state index contributed by atoms with van der Waals surface area (Å²) in [7, 11) is -10.6. The first-order chi connectivity index (χ1) is 28.5. The van der Waals surface area contributed by atoms with Gasteiger partial charge in [-0.15, -0.1) is 0 Å². The van der Waals surface area contributed by atoms with E-state index in [2.05, 4.69) is 11.4 Å². The summed E-state index contributed by atoms with van der Waals surface area (Å²) in [4.78, 5) is 65.4. The molecule has 0 amide bonds. The molecule has 17 nitrogen and oxygen atoms in total. The molecular formula is C40H76O17P2S. The number of esters is 2. The first-order valence-electron chi connectivity index (χ1n) is 22.1. The number of carbonyl (C=O) groups is 3. The lowest BCUT2D eigenvalue weighted by atomic mass is 9.85. The van der Waals surface area contributed by atoms with Crippen molar-refractivity contribution in [3.8, 4) is 0 Å². The number of aliphatic hydroxyl groups is 4. The highest BCUT2D eigenvalue weighted by atomic mass is 32.2. The molecular weight excluding hydrogens is 846 g/mol. The second-order valence-corrected chi connectivity index (χ2v) is 19.4. The fourth-order valence-electron chi connectivity index (χ4n) is 6.75. The smallest absolute Gasteiger partial charge is 0.462 e. The molecule has 0 bridgehead atoms. The maximum absolute atomic E-state index is 12.9. The van der Waals surface area contributed by atoms with E-state index in [1.165, 1.54) is 63.1 Å². The van der Waals surface area contributed by atoms with Crippen molar-refractivity contribution in [2.45, 2.75) is 217 Å². The Kier molecular flexibility index (Phi) is 31.9. The van der Waals surface area contributed by atoms with Crippen molar-refractivity contribution >= 4 is 44.5 Å². The van der Waals surface area contributed by atoms with Gasteiger partial charge in [-0.05, 0) is 25.7 Å². The van der Waals surface area contributed by atoms with Gasteiger partial charge in [-0.3, -0.25) is 28.0 Å². The standard InChI is InChI=1S/C40H76O17P2S/c1-3-5-6-7-8-9-10-11-12-13-17-20-23-27-33(42)55-31(29-53-32(41)26-22-19-16-14-15-18-21-24-28-60-34(43)25-4-2)30-54-59(51,52)57-40-37(46)35(44)39(36(45)38(40)47)56-58(48,49)50/h31,35-40,44-47H,3-30H2,1-2H3,(H,51,52)(H2,48,49,50)/t31-,35-,36+,37?,38-,39?,40?/m1/s1. The quantitative estimate of drug-likeness (QED) is 0.0189. The number of thioether (sulfide) groups is 1. The lowest BCUT2D eigenvalue weighted by molar-refractivity contribution is -0.216. The molecule has 0 spiro atoms. The molecule has 0 aromatic rings. The van der Waals surface area contributed by atoms with E-state index in [0.717, 1.165) is 82.8 Å². The highest BCUT2D eigenvalue weighted by molar-refractivity contribution is 8.13. The van der Waals surface area contributed by atoms with Crippen molar-refractivity contribution < 1.29 is 81.7 Å². The number of hydrogen-bond donors (Lipinski definition) is 7. The van der Waals surface area contributed by atoms with E-state index >= 15 is 0 Å². The molecule has 4 unspecified atom stereocenters. The van der Waals surface area contributed by atoms with Gasteiger partial charge < -0.3 is 44.6 Å². The van der Waals surface area contributed by atoms with Crippen molar-refractivity contribution in [1.82, 2.24) is 0 Å². The first kappa shape index (κ1) is 57.0. The molecule has 20 heteroatoms. The van der Waals surface area contributed by atoms with Crippen LogP contribution in [0, 0.1) is 0 Å². The molecule has 7 N–H and O–H groups in total. The fraction of sp³-hybridized carbons (Fsp3) is 0.925. The van der Waals surface area contributed by atoms with Crippen molar-refractivity contribution in [2.24, 2.45) is 0 Å². The summed E-state index contributed by atoms with van der Waals surface area (Å²) in [6, 6.07) is 0. The molecule has 1 aliphatic carbocycles. The molecule has 0 radical (unpaired) electrons. The maximum Gasteiger partial charge on any atom is 0.472 e. The van der Waals surface area contributed by atoms with E-state index in [1.54, 1.807) is 0 Å². The van der Waals surface area contributed by atoms with Crippen LogP contribution in [0.25, 0.3) is 0 Å². The van der Waals surface area contributed by atoms with E-state index < -0.39 is 83.5 Å². The third kappa shape index (κ3) is 27.9. The molecule has 0 aromatic carbocycles. The van der Waals surface area contributed by atoms with Crippen LogP contribution in [-0.2, 0) is 46.6 Å². The molecule has 60 heavy (non-hydrogen) atoms. The van der Waals surface area contributed by atoms with Gasteiger partial charge in [0.25, 0.3) is 0 Å². The Morgan fingerprint density at radius 3 is 1.40 bits per heavy atom. The lowest BCUT2D eigenvalue weighted by Gasteiger charge is -2.43. The Balaban J connectivity index is 2.59. The Labute approximate surface area is 361 Å². The first-order valence-corrected chi connectivity index (χ1v) is 26.1. The molecule has 1 fully saturated rings. The van der Waals surface area contributed by atoms with Crippen molar-refractivity contribution in [3.05, 3.63) is 0 Å². The molecule has 0 aliphatic heterocycles. The van der Waals surface area contributed by atoms with Crippen LogP contribution in [0.2, 0.25) is 0 Å². The van der Waals surface area contributed by atoms with E-state index in [0.29, 0.717) is 19.3 Å². The number of unbranched alkanes of at least 4 members (excludes halogenated alkanes) is 19. The summed E-state index contributed by atoms with van der Waals surface area (Å²) in [5.74, 6) is -0.373. The second kappa shape index (κ2) is 33.5. The van der Waals surface area contributed by atoms with Gasteiger partial charge >= 0.3 is 27.6 Å².